The van der Waals surface area contributed by atoms with Crippen LogP contribution in [0.25, 0.3) is 11.1 Å². The highest BCUT2D eigenvalue weighted by molar-refractivity contribution is 5.91. The van der Waals surface area contributed by atoms with E-state index in [1.165, 1.54) is 12.1 Å². The van der Waals surface area contributed by atoms with E-state index < -0.39 is 5.97 Å². The molecule has 5 heteroatoms. The number of carbonyl (C=O) groups is 1. The van der Waals surface area contributed by atoms with Crippen LogP contribution in [0.5, 0.6) is 0 Å². The van der Waals surface area contributed by atoms with Gasteiger partial charge in [0.15, 0.2) is 11.5 Å². The van der Waals surface area contributed by atoms with Crippen molar-refractivity contribution in [2.24, 2.45) is 0 Å². The zero-order valence-electron chi connectivity index (χ0n) is 10.6. The molecule has 0 unspecified atom stereocenters. The number of aromatic carboxylic acids is 1. The van der Waals surface area contributed by atoms with E-state index in [-0.39, 0.29) is 5.56 Å². The second kappa shape index (κ2) is 5.13. The van der Waals surface area contributed by atoms with E-state index in [0.29, 0.717) is 23.4 Å². The van der Waals surface area contributed by atoms with E-state index in [4.69, 9.17) is 9.52 Å². The van der Waals surface area contributed by atoms with Crippen LogP contribution in [0.2, 0.25) is 0 Å². The molecule has 2 aromatic heterocycles. The van der Waals surface area contributed by atoms with Crippen LogP contribution in [0.3, 0.4) is 0 Å². The molecule has 0 aliphatic heterocycles. The van der Waals surface area contributed by atoms with E-state index in [1.54, 1.807) is 12.3 Å². The van der Waals surface area contributed by atoms with Crippen molar-refractivity contribution in [3.8, 4) is 0 Å². The standard InChI is InChI=1S/C15H12N2O3/c18-15(19)11-4-5-12-13(8-11)20-14(17-12)6-3-10-2-1-7-16-9-10/h1-2,4-5,7-9H,3,6H2,(H,18,19). The molecular weight excluding hydrogens is 256 g/mol. The third kappa shape index (κ3) is 2.51. The molecule has 0 fully saturated rings. The number of benzene rings is 1. The minimum atomic E-state index is -0.972. The van der Waals surface area contributed by atoms with Gasteiger partial charge in [0.25, 0.3) is 0 Å². The number of hydrogen-bond acceptors (Lipinski definition) is 4. The number of fused-ring (bicyclic) bond motifs is 1. The third-order valence-corrected chi connectivity index (χ3v) is 3.03. The fourth-order valence-electron chi connectivity index (χ4n) is 2.01. The predicted molar refractivity (Wildman–Crippen MR) is 72.6 cm³/mol. The van der Waals surface area contributed by atoms with E-state index in [0.717, 1.165) is 12.0 Å². The Bertz CT molecular complexity index is 750. The summed E-state index contributed by atoms with van der Waals surface area (Å²) in [6.07, 6.45) is 4.98. The van der Waals surface area contributed by atoms with Gasteiger partial charge in [0, 0.05) is 18.8 Å². The molecule has 0 amide bonds. The van der Waals surface area contributed by atoms with Crippen LogP contribution < -0.4 is 0 Å². The maximum absolute atomic E-state index is 10.9. The van der Waals surface area contributed by atoms with Crippen molar-refractivity contribution in [1.29, 1.82) is 0 Å². The van der Waals surface area contributed by atoms with Gasteiger partial charge in [-0.15, -0.1) is 0 Å². The predicted octanol–water partition coefficient (Wildman–Crippen LogP) is 2.71. The van der Waals surface area contributed by atoms with Gasteiger partial charge in [-0.1, -0.05) is 6.07 Å². The largest absolute Gasteiger partial charge is 0.478 e. The van der Waals surface area contributed by atoms with Crippen LogP contribution in [0, 0.1) is 0 Å². The highest BCUT2D eigenvalue weighted by Gasteiger charge is 2.09. The second-order valence-electron chi connectivity index (χ2n) is 4.46. The van der Waals surface area contributed by atoms with Crippen molar-refractivity contribution in [3.63, 3.8) is 0 Å². The Morgan fingerprint density at radius 2 is 2.15 bits per heavy atom. The lowest BCUT2D eigenvalue weighted by Crippen LogP contribution is -1.94. The molecule has 2 heterocycles. The van der Waals surface area contributed by atoms with Crippen molar-refractivity contribution in [1.82, 2.24) is 9.97 Å². The number of carboxylic acids is 1. The minimum Gasteiger partial charge on any atom is -0.478 e. The van der Waals surface area contributed by atoms with Gasteiger partial charge >= 0.3 is 5.97 Å². The summed E-state index contributed by atoms with van der Waals surface area (Å²) in [5.74, 6) is -0.369. The highest BCUT2D eigenvalue weighted by atomic mass is 16.4. The fourth-order valence-corrected chi connectivity index (χ4v) is 2.01. The van der Waals surface area contributed by atoms with Gasteiger partial charge in [0.05, 0.1) is 5.56 Å². The van der Waals surface area contributed by atoms with Crippen LogP contribution in [-0.4, -0.2) is 21.0 Å². The molecule has 0 saturated carbocycles. The van der Waals surface area contributed by atoms with Crippen molar-refractivity contribution in [2.45, 2.75) is 12.8 Å². The summed E-state index contributed by atoms with van der Waals surface area (Å²) in [4.78, 5) is 19.3. The molecule has 5 nitrogen and oxygen atoms in total. The van der Waals surface area contributed by atoms with E-state index >= 15 is 0 Å². The molecule has 20 heavy (non-hydrogen) atoms. The Labute approximate surface area is 114 Å². The molecule has 0 saturated heterocycles. The molecule has 0 bridgehead atoms. The number of oxazole rings is 1. The Morgan fingerprint density at radius 3 is 2.90 bits per heavy atom. The van der Waals surface area contributed by atoms with Crippen LogP contribution in [0.4, 0.5) is 0 Å². The molecule has 0 aliphatic carbocycles. The number of pyridine rings is 1. The summed E-state index contributed by atoms with van der Waals surface area (Å²) in [6, 6.07) is 8.57. The van der Waals surface area contributed by atoms with Gasteiger partial charge in [-0.2, -0.15) is 0 Å². The molecular formula is C15H12N2O3. The van der Waals surface area contributed by atoms with Gasteiger partial charge < -0.3 is 9.52 Å². The Balaban J connectivity index is 1.80. The van der Waals surface area contributed by atoms with Crippen molar-refractivity contribution >= 4 is 17.1 Å². The number of nitrogens with zero attached hydrogens (tertiary/aromatic N) is 2. The van der Waals surface area contributed by atoms with Gasteiger partial charge in [-0.05, 0) is 36.2 Å². The summed E-state index contributed by atoms with van der Waals surface area (Å²) >= 11 is 0. The summed E-state index contributed by atoms with van der Waals surface area (Å²) in [5, 5.41) is 8.93. The number of aryl methyl sites for hydroxylation is 2. The van der Waals surface area contributed by atoms with Crippen LogP contribution >= 0.6 is 0 Å². The first-order valence-corrected chi connectivity index (χ1v) is 6.24. The molecule has 3 rings (SSSR count). The Morgan fingerprint density at radius 1 is 1.25 bits per heavy atom. The third-order valence-electron chi connectivity index (χ3n) is 3.03. The minimum absolute atomic E-state index is 0.201. The average molecular weight is 268 g/mol. The summed E-state index contributed by atoms with van der Waals surface area (Å²) < 4.78 is 5.59. The monoisotopic (exact) mass is 268 g/mol. The van der Waals surface area contributed by atoms with Gasteiger partial charge in [0.2, 0.25) is 0 Å². The highest BCUT2D eigenvalue weighted by Crippen LogP contribution is 2.18. The van der Waals surface area contributed by atoms with Crippen molar-refractivity contribution < 1.29 is 14.3 Å². The molecule has 0 spiro atoms. The smallest absolute Gasteiger partial charge is 0.335 e. The lowest BCUT2D eigenvalue weighted by Gasteiger charge is -1.96. The quantitative estimate of drug-likeness (QED) is 0.787. The number of aromatic nitrogens is 2. The topological polar surface area (TPSA) is 76.2 Å². The first-order chi connectivity index (χ1) is 9.72. The fraction of sp³-hybridized carbons (Fsp3) is 0.133. The normalized spacial score (nSPS) is 10.8. The van der Waals surface area contributed by atoms with Gasteiger partial charge in [-0.3, -0.25) is 4.98 Å². The number of carboxylic acid groups (broad SMARTS) is 1. The maximum Gasteiger partial charge on any atom is 0.335 e. The molecule has 3 aromatic rings. The Kier molecular flexibility index (Phi) is 3.16. The van der Waals surface area contributed by atoms with Crippen LogP contribution in [-0.2, 0) is 12.8 Å². The van der Waals surface area contributed by atoms with Crippen molar-refractivity contribution in [2.75, 3.05) is 0 Å². The van der Waals surface area contributed by atoms with Gasteiger partial charge in [-0.25, -0.2) is 9.78 Å². The van der Waals surface area contributed by atoms with Gasteiger partial charge in [0.1, 0.15) is 5.52 Å². The van der Waals surface area contributed by atoms with Crippen molar-refractivity contribution in [3.05, 3.63) is 59.7 Å². The summed E-state index contributed by atoms with van der Waals surface area (Å²) in [7, 11) is 0. The first kappa shape index (κ1) is 12.3. The van der Waals surface area contributed by atoms with Crippen LogP contribution in [0.1, 0.15) is 21.8 Å². The Hall–Kier alpha value is -2.69. The lowest BCUT2D eigenvalue weighted by atomic mass is 10.1. The van der Waals surface area contributed by atoms with E-state index in [2.05, 4.69) is 9.97 Å². The average Bonchev–Trinajstić information content (AvgIpc) is 2.88. The zero-order valence-corrected chi connectivity index (χ0v) is 10.6. The molecule has 0 atom stereocenters. The molecule has 0 aliphatic rings. The number of hydrogen-bond donors (Lipinski definition) is 1. The molecule has 0 radical (unpaired) electrons. The summed E-state index contributed by atoms with van der Waals surface area (Å²) in [6.45, 7) is 0. The molecule has 1 N–H and O–H groups in total. The van der Waals surface area contributed by atoms with E-state index in [9.17, 15) is 4.79 Å². The summed E-state index contributed by atoms with van der Waals surface area (Å²) in [5.41, 5.74) is 2.50. The number of rotatable bonds is 4. The van der Waals surface area contributed by atoms with E-state index in [1.807, 2.05) is 18.3 Å². The zero-order chi connectivity index (χ0) is 13.9. The SMILES string of the molecule is O=C(O)c1ccc2nc(CCc3cccnc3)oc2c1. The maximum atomic E-state index is 10.9. The lowest BCUT2D eigenvalue weighted by molar-refractivity contribution is 0.0697. The molecule has 100 valence electrons. The van der Waals surface area contributed by atoms with Crippen LogP contribution in [0.15, 0.2) is 47.1 Å². The first-order valence-electron chi connectivity index (χ1n) is 6.24. The second-order valence-corrected chi connectivity index (χ2v) is 4.46. The molecule has 1 aromatic carbocycles.